The van der Waals surface area contributed by atoms with Crippen LogP contribution in [0.4, 0.5) is 4.39 Å². The second-order valence-corrected chi connectivity index (χ2v) is 4.84. The molecule has 0 atom stereocenters. The second-order valence-electron chi connectivity index (χ2n) is 4.40. The van der Waals surface area contributed by atoms with Gasteiger partial charge in [0.1, 0.15) is 5.82 Å². The quantitative estimate of drug-likeness (QED) is 0.819. The standard InChI is InChI=1S/C13H19ClFN/c1-4-13(3,5-2)16-9-10-6-11(14)8-12(15)7-10/h6-8,16H,4-5,9H2,1-3H3. The van der Waals surface area contributed by atoms with E-state index in [0.29, 0.717) is 11.6 Å². The summed E-state index contributed by atoms with van der Waals surface area (Å²) >= 11 is 5.80. The molecule has 3 heteroatoms. The van der Waals surface area contributed by atoms with Crippen LogP contribution in [0.15, 0.2) is 18.2 Å². The Labute approximate surface area is 102 Å². The van der Waals surface area contributed by atoms with Crippen LogP contribution in [-0.2, 0) is 6.54 Å². The minimum atomic E-state index is -0.279. The van der Waals surface area contributed by atoms with Crippen molar-refractivity contribution in [3.05, 3.63) is 34.6 Å². The summed E-state index contributed by atoms with van der Waals surface area (Å²) in [6, 6.07) is 4.64. The van der Waals surface area contributed by atoms with Gasteiger partial charge >= 0.3 is 0 Å². The maximum Gasteiger partial charge on any atom is 0.125 e. The van der Waals surface area contributed by atoms with E-state index in [-0.39, 0.29) is 11.4 Å². The van der Waals surface area contributed by atoms with E-state index in [4.69, 9.17) is 11.6 Å². The summed E-state index contributed by atoms with van der Waals surface area (Å²) in [6.45, 7) is 7.12. The Morgan fingerprint density at radius 2 is 1.88 bits per heavy atom. The Hall–Kier alpha value is -0.600. The normalized spacial score (nSPS) is 11.8. The third-order valence-corrected chi connectivity index (χ3v) is 3.42. The first-order valence-electron chi connectivity index (χ1n) is 5.69. The third kappa shape index (κ3) is 3.76. The van der Waals surface area contributed by atoms with Gasteiger partial charge in [-0.3, -0.25) is 0 Å². The van der Waals surface area contributed by atoms with Crippen LogP contribution in [0, 0.1) is 5.82 Å². The van der Waals surface area contributed by atoms with Crippen LogP contribution in [0.3, 0.4) is 0 Å². The van der Waals surface area contributed by atoms with E-state index in [1.54, 1.807) is 6.07 Å². The zero-order valence-electron chi connectivity index (χ0n) is 10.1. The number of hydrogen-bond acceptors (Lipinski definition) is 1. The Balaban J connectivity index is 2.67. The molecule has 1 rings (SSSR count). The van der Waals surface area contributed by atoms with Gasteiger partial charge in [-0.25, -0.2) is 4.39 Å². The number of hydrogen-bond donors (Lipinski definition) is 1. The molecule has 1 N–H and O–H groups in total. The monoisotopic (exact) mass is 243 g/mol. The molecule has 0 aliphatic rings. The summed E-state index contributed by atoms with van der Waals surface area (Å²) in [4.78, 5) is 0. The summed E-state index contributed by atoms with van der Waals surface area (Å²) < 4.78 is 13.1. The van der Waals surface area contributed by atoms with E-state index in [1.807, 2.05) is 0 Å². The van der Waals surface area contributed by atoms with Crippen molar-refractivity contribution < 1.29 is 4.39 Å². The molecule has 1 nitrogen and oxygen atoms in total. The molecule has 0 amide bonds. The lowest BCUT2D eigenvalue weighted by atomic mass is 9.95. The van der Waals surface area contributed by atoms with E-state index >= 15 is 0 Å². The number of halogens is 2. The van der Waals surface area contributed by atoms with Gasteiger partial charge in [-0.05, 0) is 43.5 Å². The van der Waals surface area contributed by atoms with E-state index < -0.39 is 0 Å². The molecule has 0 bridgehead atoms. The molecule has 0 aromatic heterocycles. The van der Waals surface area contributed by atoms with Crippen molar-refractivity contribution >= 4 is 11.6 Å². The van der Waals surface area contributed by atoms with Gasteiger partial charge < -0.3 is 5.32 Å². The summed E-state index contributed by atoms with van der Waals surface area (Å²) in [6.07, 6.45) is 2.10. The molecular weight excluding hydrogens is 225 g/mol. The molecule has 0 heterocycles. The van der Waals surface area contributed by atoms with Crippen molar-refractivity contribution in [3.8, 4) is 0 Å². The zero-order chi connectivity index (χ0) is 12.2. The average molecular weight is 244 g/mol. The lowest BCUT2D eigenvalue weighted by molar-refractivity contribution is 0.329. The van der Waals surface area contributed by atoms with Crippen LogP contribution >= 0.6 is 11.6 Å². The van der Waals surface area contributed by atoms with Crippen LogP contribution in [-0.4, -0.2) is 5.54 Å². The van der Waals surface area contributed by atoms with E-state index in [2.05, 4.69) is 26.1 Å². The topological polar surface area (TPSA) is 12.0 Å². The van der Waals surface area contributed by atoms with E-state index in [0.717, 1.165) is 18.4 Å². The van der Waals surface area contributed by atoms with Crippen molar-refractivity contribution in [2.24, 2.45) is 0 Å². The molecule has 90 valence electrons. The molecule has 0 saturated carbocycles. The van der Waals surface area contributed by atoms with Gasteiger partial charge in [0.05, 0.1) is 0 Å². The molecule has 1 aromatic carbocycles. The van der Waals surface area contributed by atoms with Crippen LogP contribution in [0.1, 0.15) is 39.2 Å². The van der Waals surface area contributed by atoms with Gasteiger partial charge in [0.2, 0.25) is 0 Å². The summed E-state index contributed by atoms with van der Waals surface area (Å²) in [5, 5.41) is 3.89. The highest BCUT2D eigenvalue weighted by Gasteiger charge is 2.18. The van der Waals surface area contributed by atoms with Crippen molar-refractivity contribution in [1.82, 2.24) is 5.32 Å². The van der Waals surface area contributed by atoms with Gasteiger partial charge in [0.25, 0.3) is 0 Å². The predicted octanol–water partition coefficient (Wildman–Crippen LogP) is 4.15. The van der Waals surface area contributed by atoms with Crippen LogP contribution in [0.2, 0.25) is 5.02 Å². The van der Waals surface area contributed by atoms with Crippen LogP contribution < -0.4 is 5.32 Å². The van der Waals surface area contributed by atoms with Gasteiger partial charge in [-0.1, -0.05) is 25.4 Å². The first-order valence-corrected chi connectivity index (χ1v) is 6.07. The predicted molar refractivity (Wildman–Crippen MR) is 67.2 cm³/mol. The molecule has 0 radical (unpaired) electrons. The maximum atomic E-state index is 13.1. The highest BCUT2D eigenvalue weighted by Crippen LogP contribution is 2.17. The lowest BCUT2D eigenvalue weighted by Gasteiger charge is -2.28. The van der Waals surface area contributed by atoms with E-state index in [9.17, 15) is 4.39 Å². The molecule has 0 aliphatic heterocycles. The molecular formula is C13H19ClFN. The first-order chi connectivity index (χ1) is 7.49. The number of benzene rings is 1. The molecule has 0 saturated heterocycles. The Morgan fingerprint density at radius 3 is 2.38 bits per heavy atom. The van der Waals surface area contributed by atoms with Crippen LogP contribution in [0.25, 0.3) is 0 Å². The minimum Gasteiger partial charge on any atom is -0.307 e. The Bertz CT molecular complexity index is 328. The van der Waals surface area contributed by atoms with Gasteiger partial charge in [-0.15, -0.1) is 0 Å². The smallest absolute Gasteiger partial charge is 0.125 e. The summed E-state index contributed by atoms with van der Waals surface area (Å²) in [7, 11) is 0. The third-order valence-electron chi connectivity index (χ3n) is 3.20. The molecule has 0 aliphatic carbocycles. The van der Waals surface area contributed by atoms with E-state index in [1.165, 1.54) is 12.1 Å². The van der Waals surface area contributed by atoms with Crippen molar-refractivity contribution in [2.75, 3.05) is 0 Å². The SMILES string of the molecule is CCC(C)(CC)NCc1cc(F)cc(Cl)c1. The fourth-order valence-corrected chi connectivity index (χ4v) is 1.77. The fourth-order valence-electron chi connectivity index (χ4n) is 1.53. The number of rotatable bonds is 5. The summed E-state index contributed by atoms with van der Waals surface area (Å²) in [5.41, 5.74) is 0.997. The van der Waals surface area contributed by atoms with Crippen LogP contribution in [0.5, 0.6) is 0 Å². The van der Waals surface area contributed by atoms with Gasteiger partial charge in [0, 0.05) is 17.1 Å². The Morgan fingerprint density at radius 1 is 1.25 bits per heavy atom. The highest BCUT2D eigenvalue weighted by molar-refractivity contribution is 6.30. The van der Waals surface area contributed by atoms with Crippen molar-refractivity contribution in [1.29, 1.82) is 0 Å². The molecule has 0 fully saturated rings. The molecule has 0 unspecified atom stereocenters. The van der Waals surface area contributed by atoms with Gasteiger partial charge in [-0.2, -0.15) is 0 Å². The first kappa shape index (κ1) is 13.5. The highest BCUT2D eigenvalue weighted by atomic mass is 35.5. The average Bonchev–Trinajstić information content (AvgIpc) is 2.25. The lowest BCUT2D eigenvalue weighted by Crippen LogP contribution is -2.40. The Kier molecular flexibility index (Phi) is 4.75. The summed E-state index contributed by atoms with van der Waals surface area (Å²) in [5.74, 6) is -0.279. The largest absolute Gasteiger partial charge is 0.307 e. The number of nitrogens with one attached hydrogen (secondary N) is 1. The minimum absolute atomic E-state index is 0.110. The fraction of sp³-hybridized carbons (Fsp3) is 0.538. The van der Waals surface area contributed by atoms with Gasteiger partial charge in [0.15, 0.2) is 0 Å². The van der Waals surface area contributed by atoms with Crippen molar-refractivity contribution in [2.45, 2.75) is 45.7 Å². The molecule has 1 aromatic rings. The zero-order valence-corrected chi connectivity index (χ0v) is 10.9. The van der Waals surface area contributed by atoms with Crippen molar-refractivity contribution in [3.63, 3.8) is 0 Å². The molecule has 16 heavy (non-hydrogen) atoms. The molecule has 0 spiro atoms. The maximum absolute atomic E-state index is 13.1. The second kappa shape index (κ2) is 5.65.